The fourth-order valence-corrected chi connectivity index (χ4v) is 12.7. The monoisotopic (exact) mass is 1560 g/mol. The number of primary amides is 2. The number of hydrogen-bond donors (Lipinski definition) is 16. The first kappa shape index (κ1) is 93.8. The number of Topliss-reactive ketones (excluding diaryl/α,β-unsaturated/α-hetero) is 5. The average Bonchev–Trinajstić information content (AvgIpc) is 1.18. The molecule has 33 nitrogen and oxygen atoms in total. The van der Waals surface area contributed by atoms with E-state index in [1.807, 2.05) is 26.0 Å². The summed E-state index contributed by atoms with van der Waals surface area (Å²) in [7, 11) is 0. The number of amides is 11. The van der Waals surface area contributed by atoms with Crippen molar-refractivity contribution in [2.75, 3.05) is 13.1 Å². The number of aromatic amines is 1. The van der Waals surface area contributed by atoms with Gasteiger partial charge in [-0.25, -0.2) is 0 Å². The molecule has 1 aromatic heterocycles. The molecule has 0 saturated carbocycles. The van der Waals surface area contributed by atoms with Crippen molar-refractivity contribution in [3.63, 3.8) is 0 Å². The largest absolute Gasteiger partial charge is 0.508 e. The van der Waals surface area contributed by atoms with Gasteiger partial charge in [0.15, 0.2) is 0 Å². The van der Waals surface area contributed by atoms with E-state index in [2.05, 4.69) is 63.5 Å². The molecule has 0 fully saturated rings. The summed E-state index contributed by atoms with van der Waals surface area (Å²) in [5.74, 6) is -17.1. The molecule has 2 aromatic carbocycles. The second kappa shape index (κ2) is 45.1. The van der Waals surface area contributed by atoms with Crippen LogP contribution in [0, 0.1) is 23.2 Å². The number of rotatable bonds is 29. The zero-order valence-corrected chi connectivity index (χ0v) is 66.3. The lowest BCUT2D eigenvalue weighted by Gasteiger charge is -2.33. The molecule has 33 heteroatoms. The number of carboxylic acid groups (broad SMARTS) is 1. The van der Waals surface area contributed by atoms with Gasteiger partial charge < -0.3 is 85.1 Å². The minimum atomic E-state index is -1.78. The van der Waals surface area contributed by atoms with Crippen LogP contribution in [0.1, 0.15) is 191 Å². The maximum atomic E-state index is 15.0. The fourth-order valence-electron chi connectivity index (χ4n) is 12.7. The Balaban J connectivity index is 1.71. The van der Waals surface area contributed by atoms with Crippen molar-refractivity contribution in [3.05, 3.63) is 78.0 Å². The summed E-state index contributed by atoms with van der Waals surface area (Å²) in [4.78, 5) is 236. The molecule has 0 saturated heterocycles. The Hall–Kier alpha value is -10.6. The number of ketones is 5. The number of benzene rings is 2. The SMILES string of the molecule is CC(=O)C[C@]1(C)CCCCCC/C=C/CCC[C@@](C)(C(=O)NC(C)C(=O)N[C@@H](C)C(=O)NC(C)C(=O)N[C@@H](C)C(=O)C(=O)[C@H](C)NC[C@H](C)C(N)=O)NC(=O)[C@H](CC(C)C)CN[C@@H](CCC(N)=O)C(=O)C(=O)C(C)NC(=O)[C@H](Cc2c[nH]c3ccccc23)NC(=O)C(Cc2ccc(O)cc2)NC(=O)[C@H](CCC(=O)O)NC1=O. The number of phenols is 1. The molecule has 14 atom stereocenters. The van der Waals surface area contributed by atoms with Crippen LogP contribution in [-0.2, 0) is 94.3 Å². The van der Waals surface area contributed by atoms with Crippen LogP contribution in [0.15, 0.2) is 66.9 Å². The summed E-state index contributed by atoms with van der Waals surface area (Å²) in [5.41, 5.74) is 9.25. The van der Waals surface area contributed by atoms with Crippen molar-refractivity contribution in [3.8, 4) is 5.75 Å². The van der Waals surface area contributed by atoms with Crippen molar-refractivity contribution < 1.29 is 91.7 Å². The highest BCUT2D eigenvalue weighted by Gasteiger charge is 2.42. The van der Waals surface area contributed by atoms with Crippen LogP contribution in [0.5, 0.6) is 5.75 Å². The highest BCUT2D eigenvalue weighted by Crippen LogP contribution is 2.31. The van der Waals surface area contributed by atoms with E-state index in [9.17, 15) is 91.7 Å². The zero-order chi connectivity index (χ0) is 83.9. The van der Waals surface area contributed by atoms with Crippen molar-refractivity contribution >= 4 is 111 Å². The molecule has 0 spiro atoms. The van der Waals surface area contributed by atoms with E-state index in [-0.39, 0.29) is 75.5 Å². The maximum absolute atomic E-state index is 15.0. The van der Waals surface area contributed by atoms with Crippen LogP contribution in [0.25, 0.3) is 10.9 Å². The molecule has 3 aromatic rings. The predicted molar refractivity (Wildman–Crippen MR) is 414 cm³/mol. The number of carboxylic acids is 1. The average molecular weight is 1570 g/mol. The van der Waals surface area contributed by atoms with Crippen LogP contribution in [0.2, 0.25) is 0 Å². The topological polar surface area (TPSA) is 531 Å². The number of aromatic nitrogens is 1. The number of allylic oxidation sites excluding steroid dienone is 2. The number of nitrogens with two attached hydrogens (primary N) is 2. The van der Waals surface area contributed by atoms with Gasteiger partial charge in [0, 0.05) is 68.2 Å². The first-order valence-corrected chi connectivity index (χ1v) is 38.2. The van der Waals surface area contributed by atoms with E-state index in [1.54, 1.807) is 37.4 Å². The Morgan fingerprint density at radius 1 is 0.589 bits per heavy atom. The van der Waals surface area contributed by atoms with Crippen LogP contribution >= 0.6 is 0 Å². The van der Waals surface area contributed by atoms with Gasteiger partial charge in [-0.05, 0) is 148 Å². The van der Waals surface area contributed by atoms with E-state index < -0.39 is 197 Å². The van der Waals surface area contributed by atoms with Crippen molar-refractivity contribution in [2.24, 2.45) is 34.6 Å². The van der Waals surface area contributed by atoms with Gasteiger partial charge in [0.05, 0.1) is 35.5 Å². The van der Waals surface area contributed by atoms with Crippen LogP contribution in [-0.4, -0.2) is 194 Å². The Morgan fingerprint density at radius 2 is 1.13 bits per heavy atom. The van der Waals surface area contributed by atoms with E-state index in [0.717, 1.165) is 0 Å². The molecule has 1 aliphatic heterocycles. The third kappa shape index (κ3) is 30.6. The number of nitrogens with one attached hydrogen (secondary N) is 12. The van der Waals surface area contributed by atoms with Crippen LogP contribution in [0.4, 0.5) is 0 Å². The van der Waals surface area contributed by atoms with Gasteiger partial charge in [0.25, 0.3) is 0 Å². The molecule has 1 aliphatic rings. The summed E-state index contributed by atoms with van der Waals surface area (Å²) < 4.78 is 0. The standard InChI is InChI=1S/C79H116N14O19/c1-43(2)36-54-42-84-58(30-32-62(80)96)67(102)66(101)48(7)86-74(109)61(38-53-41-83-57-25-21-20-24-56(53)57)91-75(110)60(37-52-26-28-55(95)29-27-52)90-73(108)59(31-33-63(97)98)92-76(111)78(11,39-45(4)94)34-22-18-16-14-13-15-17-19-23-35-79(12,93-72(54)107)77(112)89-51(10)71(106)88-50(9)70(105)87-49(8)69(104)85-47(6)65(100)64(99)46(5)82-40-44(3)68(81)103/h15,17,20-21,24-29,41,43-44,46-51,54,58-61,82-84,95H,13-14,16,18-19,22-23,30-40,42H2,1-12H3,(H2,80,96)(H2,81,103)(H,85,104)(H,86,109)(H,87,105)(H,88,106)(H,89,112)(H,90,108)(H,91,110)(H,92,111)(H,93,107)(H,97,98)/b17-15+/t44-,46-,47-,48?,49?,50-,51?,54+,58-,59-,60?,61-,78-,79-/m0/s1. The Bertz CT molecular complexity index is 3900. The number of fused-ring (bicyclic) bond motifs is 1. The lowest BCUT2D eigenvalue weighted by atomic mass is 9.79. The molecular weight excluding hydrogens is 1450 g/mol. The predicted octanol–water partition coefficient (Wildman–Crippen LogP) is 1.70. The molecule has 0 radical (unpaired) electrons. The normalized spacial score (nSPS) is 23.4. The molecule has 0 bridgehead atoms. The summed E-state index contributed by atoms with van der Waals surface area (Å²) in [6.45, 7) is 17.0. The molecule has 112 heavy (non-hydrogen) atoms. The van der Waals surface area contributed by atoms with Gasteiger partial charge in [-0.2, -0.15) is 0 Å². The first-order chi connectivity index (χ1) is 52.6. The summed E-state index contributed by atoms with van der Waals surface area (Å²) >= 11 is 0. The highest BCUT2D eigenvalue weighted by atomic mass is 16.4. The fraction of sp³-hybridized carbons (Fsp3) is 0.582. The van der Waals surface area contributed by atoms with Crippen LogP contribution in [0.3, 0.4) is 0 Å². The highest BCUT2D eigenvalue weighted by molar-refractivity contribution is 6.41. The van der Waals surface area contributed by atoms with Crippen molar-refractivity contribution in [1.82, 2.24) is 63.5 Å². The molecule has 0 aliphatic carbocycles. The number of para-hydroxylation sites is 1. The third-order valence-corrected chi connectivity index (χ3v) is 19.7. The second-order valence-corrected chi connectivity index (χ2v) is 30.4. The van der Waals surface area contributed by atoms with Gasteiger partial charge in [0.1, 0.15) is 53.3 Å². The van der Waals surface area contributed by atoms with E-state index in [4.69, 9.17) is 11.5 Å². The number of carbonyl (C=O) groups is 17. The molecule has 4 unspecified atom stereocenters. The second-order valence-electron chi connectivity index (χ2n) is 30.4. The minimum Gasteiger partial charge on any atom is -0.508 e. The lowest BCUT2D eigenvalue weighted by molar-refractivity contribution is -0.140. The smallest absolute Gasteiger partial charge is 0.303 e. The van der Waals surface area contributed by atoms with E-state index >= 15 is 0 Å². The molecule has 4 rings (SSSR count). The van der Waals surface area contributed by atoms with Gasteiger partial charge in [-0.3, -0.25) is 81.5 Å². The Kier molecular flexibility index (Phi) is 37.7. The number of aliphatic carboxylic acids is 1. The van der Waals surface area contributed by atoms with Crippen LogP contribution < -0.4 is 70.0 Å². The number of carbonyl (C=O) groups excluding carboxylic acids is 16. The quantitative estimate of drug-likeness (QED) is 0.0347. The number of aromatic hydroxyl groups is 1. The number of hydrogen-bond acceptors (Lipinski definition) is 20. The number of phenolic OH excluding ortho intramolecular Hbond substituents is 1. The minimum absolute atomic E-state index is 0.0155. The van der Waals surface area contributed by atoms with Gasteiger partial charge in [0.2, 0.25) is 88.1 Å². The number of H-pyrrole nitrogens is 1. The molecule has 18 N–H and O–H groups in total. The van der Waals surface area contributed by atoms with E-state index in [1.165, 1.54) is 86.6 Å². The summed E-state index contributed by atoms with van der Waals surface area (Å²) in [6.07, 6.45) is 6.82. The Labute approximate surface area is 652 Å². The Morgan fingerprint density at radius 3 is 1.72 bits per heavy atom. The zero-order valence-electron chi connectivity index (χ0n) is 66.3. The summed E-state index contributed by atoms with van der Waals surface area (Å²) in [5, 5.41) is 49.9. The van der Waals surface area contributed by atoms with Gasteiger partial charge >= 0.3 is 5.97 Å². The van der Waals surface area contributed by atoms with Crippen molar-refractivity contribution in [2.45, 2.75) is 258 Å². The molecule has 11 amide bonds. The first-order valence-electron chi connectivity index (χ1n) is 38.2. The molecule has 616 valence electrons. The lowest BCUT2D eigenvalue weighted by Crippen LogP contribution is -2.62. The van der Waals surface area contributed by atoms with E-state index in [0.29, 0.717) is 67.0 Å². The van der Waals surface area contributed by atoms with Gasteiger partial charge in [-0.15, -0.1) is 0 Å². The van der Waals surface area contributed by atoms with Gasteiger partial charge in [-0.1, -0.05) is 89.4 Å². The van der Waals surface area contributed by atoms with Crippen molar-refractivity contribution in [1.29, 1.82) is 0 Å². The third-order valence-electron chi connectivity index (χ3n) is 19.7. The maximum Gasteiger partial charge on any atom is 0.303 e. The molecular formula is C79H116N14O19. The molecule has 2 heterocycles. The summed E-state index contributed by atoms with van der Waals surface area (Å²) in [6, 6.07) is -1.59.